The van der Waals surface area contributed by atoms with Crippen LogP contribution in [0.1, 0.15) is 36.3 Å². The summed E-state index contributed by atoms with van der Waals surface area (Å²) in [6.07, 6.45) is 0.897. The molecule has 0 N–H and O–H groups in total. The quantitative estimate of drug-likeness (QED) is 0.782. The molecule has 19 heavy (non-hydrogen) atoms. The van der Waals surface area contributed by atoms with Gasteiger partial charge in [-0.25, -0.2) is 0 Å². The fraction of sp³-hybridized carbons (Fsp3) is 0.438. The summed E-state index contributed by atoms with van der Waals surface area (Å²) < 4.78 is 7.45. The highest BCUT2D eigenvalue weighted by Gasteiger charge is 2.36. The molecule has 0 aliphatic carbocycles. The first-order valence-corrected chi connectivity index (χ1v) is 6.67. The number of aryl methyl sites for hydroxylation is 2. The number of benzene rings is 1. The summed E-state index contributed by atoms with van der Waals surface area (Å²) in [6.45, 7) is 7.02. The highest BCUT2D eigenvalue weighted by atomic mass is 16.5. The molecule has 1 aliphatic heterocycles. The van der Waals surface area contributed by atoms with Gasteiger partial charge in [0.15, 0.2) is 5.78 Å². The summed E-state index contributed by atoms with van der Waals surface area (Å²) in [4.78, 5) is 12.6. The lowest BCUT2D eigenvalue weighted by molar-refractivity contribution is 0.0780. The van der Waals surface area contributed by atoms with Gasteiger partial charge in [0.2, 0.25) is 0 Å². The van der Waals surface area contributed by atoms with E-state index in [0.29, 0.717) is 0 Å². The van der Waals surface area contributed by atoms with E-state index in [-0.39, 0.29) is 11.2 Å². The molecule has 0 saturated carbocycles. The van der Waals surface area contributed by atoms with Crippen LogP contribution in [0.15, 0.2) is 18.2 Å². The average molecular weight is 257 g/mol. The van der Waals surface area contributed by atoms with Crippen molar-refractivity contribution in [1.82, 2.24) is 4.57 Å². The van der Waals surface area contributed by atoms with Gasteiger partial charge >= 0.3 is 0 Å². The number of aromatic nitrogens is 1. The maximum absolute atomic E-state index is 12.6. The van der Waals surface area contributed by atoms with E-state index in [0.717, 1.165) is 40.9 Å². The van der Waals surface area contributed by atoms with Crippen molar-refractivity contribution in [3.05, 3.63) is 29.5 Å². The minimum Gasteiger partial charge on any atom is -0.497 e. The molecule has 0 atom stereocenters. The lowest BCUT2D eigenvalue weighted by Crippen LogP contribution is -2.33. The highest BCUT2D eigenvalue weighted by molar-refractivity contribution is 6.06. The Labute approximate surface area is 113 Å². The van der Waals surface area contributed by atoms with Crippen LogP contribution < -0.4 is 4.74 Å². The molecule has 0 unspecified atom stereocenters. The van der Waals surface area contributed by atoms with Gasteiger partial charge in [-0.05, 0) is 37.1 Å². The van der Waals surface area contributed by atoms with Crippen molar-refractivity contribution < 1.29 is 9.53 Å². The Morgan fingerprint density at radius 3 is 2.74 bits per heavy atom. The molecule has 0 fully saturated rings. The van der Waals surface area contributed by atoms with Gasteiger partial charge in [0.25, 0.3) is 0 Å². The number of ether oxygens (including phenoxy) is 1. The Bertz CT molecular complexity index is 680. The van der Waals surface area contributed by atoms with Crippen molar-refractivity contribution in [3.8, 4) is 5.75 Å². The van der Waals surface area contributed by atoms with Crippen LogP contribution in [-0.4, -0.2) is 17.5 Å². The minimum absolute atomic E-state index is 0.251. The van der Waals surface area contributed by atoms with Crippen LogP contribution in [0.5, 0.6) is 5.75 Å². The average Bonchev–Trinajstić information content (AvgIpc) is 2.67. The second-order valence-electron chi connectivity index (χ2n) is 5.97. The molecule has 0 saturated heterocycles. The van der Waals surface area contributed by atoms with E-state index in [1.165, 1.54) is 0 Å². The summed E-state index contributed by atoms with van der Waals surface area (Å²) >= 11 is 0. The van der Waals surface area contributed by atoms with Crippen LogP contribution >= 0.6 is 0 Å². The Kier molecular flexibility index (Phi) is 2.49. The van der Waals surface area contributed by atoms with Crippen molar-refractivity contribution >= 4 is 16.7 Å². The van der Waals surface area contributed by atoms with Gasteiger partial charge in [-0.3, -0.25) is 4.79 Å². The number of carbonyl (C=O) groups excluding carboxylic acids is 1. The van der Waals surface area contributed by atoms with Gasteiger partial charge in [-0.2, -0.15) is 0 Å². The van der Waals surface area contributed by atoms with Crippen molar-refractivity contribution in [3.63, 3.8) is 0 Å². The number of ketones is 1. The lowest BCUT2D eigenvalue weighted by Gasteiger charge is -2.30. The van der Waals surface area contributed by atoms with Gasteiger partial charge in [0.05, 0.1) is 12.8 Å². The Hall–Kier alpha value is -1.77. The largest absolute Gasteiger partial charge is 0.497 e. The molecule has 0 spiro atoms. The normalized spacial score (nSPS) is 17.6. The second kappa shape index (κ2) is 3.86. The third-order valence-electron chi connectivity index (χ3n) is 4.31. The van der Waals surface area contributed by atoms with Crippen LogP contribution in [0.3, 0.4) is 0 Å². The van der Waals surface area contributed by atoms with Gasteiger partial charge in [0, 0.05) is 22.9 Å². The number of hydrogen-bond donors (Lipinski definition) is 0. The molecule has 1 aromatic heterocycles. The van der Waals surface area contributed by atoms with E-state index in [1.54, 1.807) is 7.11 Å². The van der Waals surface area contributed by atoms with Crippen LogP contribution in [0.4, 0.5) is 0 Å². The summed E-state index contributed by atoms with van der Waals surface area (Å²) in [6, 6.07) is 6.03. The summed E-state index contributed by atoms with van der Waals surface area (Å²) in [7, 11) is 1.67. The fourth-order valence-corrected chi connectivity index (χ4v) is 2.98. The Balaban J connectivity index is 2.32. The molecule has 2 aromatic rings. The maximum atomic E-state index is 12.6. The van der Waals surface area contributed by atoms with E-state index < -0.39 is 0 Å². The number of hydrogen-bond acceptors (Lipinski definition) is 2. The standard InChI is InChI=1S/C16H19NO2/c1-10-12-9-11(19-4)5-6-13(12)17-8-7-16(2,3)15(18)14(10)17/h5-6,9H,7-8H2,1-4H3. The van der Waals surface area contributed by atoms with Crippen molar-refractivity contribution in [2.75, 3.05) is 7.11 Å². The first-order valence-electron chi connectivity index (χ1n) is 6.67. The molecular weight excluding hydrogens is 238 g/mol. The predicted molar refractivity (Wildman–Crippen MR) is 76.0 cm³/mol. The number of Topliss-reactive ketones (excluding diaryl/α,β-unsaturated/α-hetero) is 1. The number of carbonyl (C=O) groups is 1. The molecule has 1 aromatic carbocycles. The first kappa shape index (κ1) is 12.3. The molecule has 3 rings (SSSR count). The van der Waals surface area contributed by atoms with Crippen LogP contribution in [-0.2, 0) is 6.54 Å². The lowest BCUT2D eigenvalue weighted by atomic mass is 9.80. The van der Waals surface area contributed by atoms with E-state index >= 15 is 0 Å². The molecule has 0 bridgehead atoms. The summed E-state index contributed by atoms with van der Waals surface area (Å²) in [5.41, 5.74) is 2.84. The molecule has 100 valence electrons. The highest BCUT2D eigenvalue weighted by Crippen LogP contribution is 2.38. The fourth-order valence-electron chi connectivity index (χ4n) is 2.98. The molecule has 3 nitrogen and oxygen atoms in total. The Morgan fingerprint density at radius 2 is 2.05 bits per heavy atom. The zero-order chi connectivity index (χ0) is 13.8. The van der Waals surface area contributed by atoms with Gasteiger partial charge in [-0.1, -0.05) is 13.8 Å². The third-order valence-corrected chi connectivity index (χ3v) is 4.31. The molecule has 1 aliphatic rings. The Morgan fingerprint density at radius 1 is 1.32 bits per heavy atom. The third kappa shape index (κ3) is 1.61. The van der Waals surface area contributed by atoms with E-state index in [1.807, 2.05) is 32.9 Å². The molecule has 0 amide bonds. The first-order chi connectivity index (χ1) is 8.95. The molecule has 0 radical (unpaired) electrons. The number of fused-ring (bicyclic) bond motifs is 3. The van der Waals surface area contributed by atoms with Crippen LogP contribution in [0.25, 0.3) is 10.9 Å². The monoisotopic (exact) mass is 257 g/mol. The minimum atomic E-state index is -0.251. The maximum Gasteiger partial charge on any atom is 0.185 e. The summed E-state index contributed by atoms with van der Waals surface area (Å²) in [5.74, 6) is 1.09. The van der Waals surface area contributed by atoms with Crippen molar-refractivity contribution in [2.45, 2.75) is 33.7 Å². The zero-order valence-electron chi connectivity index (χ0n) is 11.9. The van der Waals surface area contributed by atoms with Crippen molar-refractivity contribution in [2.24, 2.45) is 5.41 Å². The topological polar surface area (TPSA) is 31.2 Å². The zero-order valence-corrected chi connectivity index (χ0v) is 11.9. The van der Waals surface area contributed by atoms with Gasteiger partial charge in [0.1, 0.15) is 5.75 Å². The van der Waals surface area contributed by atoms with E-state index in [2.05, 4.69) is 10.6 Å². The predicted octanol–water partition coefficient (Wildman–Crippen LogP) is 3.57. The van der Waals surface area contributed by atoms with Crippen LogP contribution in [0, 0.1) is 12.3 Å². The van der Waals surface area contributed by atoms with Crippen molar-refractivity contribution in [1.29, 1.82) is 0 Å². The number of nitrogens with zero attached hydrogens (tertiary/aromatic N) is 1. The number of methoxy groups -OCH3 is 1. The van der Waals surface area contributed by atoms with Gasteiger partial charge < -0.3 is 9.30 Å². The molecule has 2 heterocycles. The molecular formula is C16H19NO2. The molecule has 3 heteroatoms. The SMILES string of the molecule is COc1ccc2c(c1)c(C)c1n2CCC(C)(C)C1=O. The van der Waals surface area contributed by atoms with Gasteiger partial charge in [-0.15, -0.1) is 0 Å². The van der Waals surface area contributed by atoms with Crippen LogP contribution in [0.2, 0.25) is 0 Å². The number of rotatable bonds is 1. The van der Waals surface area contributed by atoms with E-state index in [9.17, 15) is 4.79 Å². The smallest absolute Gasteiger partial charge is 0.185 e. The second-order valence-corrected chi connectivity index (χ2v) is 5.97. The van der Waals surface area contributed by atoms with E-state index in [4.69, 9.17) is 4.74 Å². The summed E-state index contributed by atoms with van der Waals surface area (Å²) in [5, 5.41) is 1.13.